The highest BCUT2D eigenvalue weighted by molar-refractivity contribution is 9.10. The molecule has 0 spiro atoms. The molecule has 86 valence electrons. The minimum Gasteiger partial charge on any atom is -0.397 e. The first-order chi connectivity index (χ1) is 8.22. The van der Waals surface area contributed by atoms with E-state index in [1.54, 1.807) is 11.3 Å². The van der Waals surface area contributed by atoms with Gasteiger partial charge in [-0.2, -0.15) is 11.3 Å². The van der Waals surface area contributed by atoms with Crippen molar-refractivity contribution in [1.29, 1.82) is 0 Å². The number of nitrogens with two attached hydrogens (primary N) is 1. The number of anilines is 1. The first kappa shape index (κ1) is 10.8. The molecule has 0 atom stereocenters. The molecule has 2 aromatic heterocycles. The van der Waals surface area contributed by atoms with Crippen LogP contribution in [0.25, 0.3) is 11.0 Å². The minimum atomic E-state index is 0.696. The molecular formula is C12H10BrN3S. The number of rotatable bonds is 2. The summed E-state index contributed by atoms with van der Waals surface area (Å²) >= 11 is 5.12. The molecule has 2 heterocycles. The molecule has 3 rings (SSSR count). The molecule has 0 aliphatic carbocycles. The largest absolute Gasteiger partial charge is 0.397 e. The Kier molecular flexibility index (Phi) is 2.64. The number of hydrogen-bond acceptors (Lipinski definition) is 3. The molecule has 3 nitrogen and oxygen atoms in total. The third-order valence-corrected chi connectivity index (χ3v) is 3.77. The summed E-state index contributed by atoms with van der Waals surface area (Å²) < 4.78 is 0.966. The number of aromatic nitrogens is 2. The topological polar surface area (TPSA) is 54.7 Å². The maximum atomic E-state index is 5.93. The van der Waals surface area contributed by atoms with Gasteiger partial charge in [0.05, 0.1) is 11.2 Å². The zero-order chi connectivity index (χ0) is 11.8. The molecule has 5 heteroatoms. The van der Waals surface area contributed by atoms with Gasteiger partial charge < -0.3 is 10.7 Å². The van der Waals surface area contributed by atoms with Crippen molar-refractivity contribution in [2.45, 2.75) is 6.42 Å². The van der Waals surface area contributed by atoms with Crippen LogP contribution in [0.1, 0.15) is 11.4 Å². The molecule has 0 fully saturated rings. The van der Waals surface area contributed by atoms with E-state index in [1.165, 1.54) is 5.56 Å². The highest BCUT2D eigenvalue weighted by Gasteiger charge is 2.07. The Balaban J connectivity index is 2.05. The van der Waals surface area contributed by atoms with E-state index < -0.39 is 0 Å². The molecule has 0 bridgehead atoms. The van der Waals surface area contributed by atoms with Crippen molar-refractivity contribution >= 4 is 44.0 Å². The van der Waals surface area contributed by atoms with Crippen LogP contribution in [0.15, 0.2) is 33.4 Å². The number of benzene rings is 1. The fourth-order valence-electron chi connectivity index (χ4n) is 1.83. The van der Waals surface area contributed by atoms with E-state index in [1.807, 2.05) is 12.1 Å². The number of fused-ring (bicyclic) bond motifs is 1. The highest BCUT2D eigenvalue weighted by atomic mass is 79.9. The molecule has 0 aliphatic rings. The van der Waals surface area contributed by atoms with E-state index in [2.05, 4.69) is 42.7 Å². The summed E-state index contributed by atoms with van der Waals surface area (Å²) in [6.07, 6.45) is 0.815. The molecule has 0 amide bonds. The van der Waals surface area contributed by atoms with Crippen LogP contribution in [0.3, 0.4) is 0 Å². The smallest absolute Gasteiger partial charge is 0.112 e. The van der Waals surface area contributed by atoms with Crippen LogP contribution in [-0.4, -0.2) is 9.97 Å². The number of halogens is 1. The van der Waals surface area contributed by atoms with E-state index in [0.29, 0.717) is 5.69 Å². The standard InChI is InChI=1S/C12H10BrN3S/c13-8-4-9(14)12-10(5-8)15-11(16-12)3-7-1-2-17-6-7/h1-2,4-6H,3,14H2,(H,15,16). The third-order valence-electron chi connectivity index (χ3n) is 2.58. The first-order valence-electron chi connectivity index (χ1n) is 5.17. The van der Waals surface area contributed by atoms with Gasteiger partial charge in [-0.25, -0.2) is 4.98 Å². The summed E-state index contributed by atoms with van der Waals surface area (Å²) in [6, 6.07) is 5.98. The Morgan fingerprint density at radius 1 is 1.41 bits per heavy atom. The number of hydrogen-bond donors (Lipinski definition) is 2. The molecule has 0 radical (unpaired) electrons. The SMILES string of the molecule is Nc1cc(Br)cc2[nH]c(Cc3ccsc3)nc12. The number of imidazole rings is 1. The predicted molar refractivity (Wildman–Crippen MR) is 75.3 cm³/mol. The summed E-state index contributed by atoms with van der Waals surface area (Å²) in [5.74, 6) is 0.947. The Bertz CT molecular complexity index is 658. The summed E-state index contributed by atoms with van der Waals surface area (Å²) in [5.41, 5.74) is 9.72. The molecule has 0 saturated heterocycles. The van der Waals surface area contributed by atoms with Crippen molar-refractivity contribution in [1.82, 2.24) is 9.97 Å². The van der Waals surface area contributed by atoms with E-state index in [0.717, 1.165) is 27.8 Å². The predicted octanol–water partition coefficient (Wildman–Crippen LogP) is 3.56. The molecule has 17 heavy (non-hydrogen) atoms. The third kappa shape index (κ3) is 2.08. The average Bonchev–Trinajstić information content (AvgIpc) is 2.87. The van der Waals surface area contributed by atoms with E-state index >= 15 is 0 Å². The summed E-state index contributed by atoms with van der Waals surface area (Å²) in [5, 5.41) is 4.20. The summed E-state index contributed by atoms with van der Waals surface area (Å²) in [4.78, 5) is 7.83. The highest BCUT2D eigenvalue weighted by Crippen LogP contribution is 2.25. The maximum Gasteiger partial charge on any atom is 0.112 e. The molecule has 3 N–H and O–H groups in total. The molecule has 0 saturated carbocycles. The lowest BCUT2D eigenvalue weighted by Crippen LogP contribution is -1.88. The second-order valence-electron chi connectivity index (χ2n) is 3.88. The average molecular weight is 308 g/mol. The molecule has 0 aliphatic heterocycles. The monoisotopic (exact) mass is 307 g/mol. The fraction of sp³-hybridized carbons (Fsp3) is 0.0833. The first-order valence-corrected chi connectivity index (χ1v) is 6.90. The van der Waals surface area contributed by atoms with Gasteiger partial charge in [0.15, 0.2) is 0 Å². The van der Waals surface area contributed by atoms with E-state index in [9.17, 15) is 0 Å². The van der Waals surface area contributed by atoms with Crippen molar-refractivity contribution in [3.05, 3.63) is 44.8 Å². The van der Waals surface area contributed by atoms with Gasteiger partial charge in [-0.05, 0) is 34.5 Å². The Morgan fingerprint density at radius 3 is 3.06 bits per heavy atom. The van der Waals surface area contributed by atoms with Crippen LogP contribution in [-0.2, 0) is 6.42 Å². The molecule has 1 aromatic carbocycles. The minimum absolute atomic E-state index is 0.696. The number of thiophene rings is 1. The van der Waals surface area contributed by atoms with Crippen LogP contribution in [0.4, 0.5) is 5.69 Å². The van der Waals surface area contributed by atoms with Crippen molar-refractivity contribution in [3.8, 4) is 0 Å². The van der Waals surface area contributed by atoms with Crippen LogP contribution in [0, 0.1) is 0 Å². The van der Waals surface area contributed by atoms with Crippen molar-refractivity contribution < 1.29 is 0 Å². The number of nitrogens with zero attached hydrogens (tertiary/aromatic N) is 1. The van der Waals surface area contributed by atoms with Crippen LogP contribution < -0.4 is 5.73 Å². The van der Waals surface area contributed by atoms with E-state index in [-0.39, 0.29) is 0 Å². The second kappa shape index (κ2) is 4.16. The van der Waals surface area contributed by atoms with Gasteiger partial charge in [-0.1, -0.05) is 15.9 Å². The van der Waals surface area contributed by atoms with Crippen LogP contribution >= 0.6 is 27.3 Å². The van der Waals surface area contributed by atoms with Gasteiger partial charge in [0, 0.05) is 10.9 Å². The number of nitrogens with one attached hydrogen (secondary N) is 1. The Morgan fingerprint density at radius 2 is 2.29 bits per heavy atom. The van der Waals surface area contributed by atoms with Crippen LogP contribution in [0.5, 0.6) is 0 Å². The van der Waals surface area contributed by atoms with Gasteiger partial charge in [0.25, 0.3) is 0 Å². The van der Waals surface area contributed by atoms with Gasteiger partial charge in [0.1, 0.15) is 11.3 Å². The van der Waals surface area contributed by atoms with Gasteiger partial charge in [-0.15, -0.1) is 0 Å². The van der Waals surface area contributed by atoms with Crippen LogP contribution in [0.2, 0.25) is 0 Å². The van der Waals surface area contributed by atoms with Crippen molar-refractivity contribution in [3.63, 3.8) is 0 Å². The fourth-order valence-corrected chi connectivity index (χ4v) is 2.97. The van der Waals surface area contributed by atoms with Gasteiger partial charge >= 0.3 is 0 Å². The summed E-state index contributed by atoms with van der Waals surface area (Å²) in [7, 11) is 0. The lowest BCUT2D eigenvalue weighted by molar-refractivity contribution is 1.04. The second-order valence-corrected chi connectivity index (χ2v) is 5.58. The maximum absolute atomic E-state index is 5.93. The zero-order valence-corrected chi connectivity index (χ0v) is 11.3. The Hall–Kier alpha value is -1.33. The van der Waals surface area contributed by atoms with Gasteiger partial charge in [-0.3, -0.25) is 0 Å². The molecule has 0 unspecified atom stereocenters. The molecular weight excluding hydrogens is 298 g/mol. The summed E-state index contributed by atoms with van der Waals surface area (Å²) in [6.45, 7) is 0. The zero-order valence-electron chi connectivity index (χ0n) is 8.90. The van der Waals surface area contributed by atoms with Crippen molar-refractivity contribution in [2.75, 3.05) is 5.73 Å². The molecule has 3 aromatic rings. The normalized spacial score (nSPS) is 11.1. The van der Waals surface area contributed by atoms with Gasteiger partial charge in [0.2, 0.25) is 0 Å². The van der Waals surface area contributed by atoms with E-state index in [4.69, 9.17) is 5.73 Å². The number of H-pyrrole nitrogens is 1. The van der Waals surface area contributed by atoms with Crippen molar-refractivity contribution in [2.24, 2.45) is 0 Å². The quantitative estimate of drug-likeness (QED) is 0.711. The number of nitrogen functional groups attached to an aromatic ring is 1. The lowest BCUT2D eigenvalue weighted by atomic mass is 10.2. The number of aromatic amines is 1. The lowest BCUT2D eigenvalue weighted by Gasteiger charge is -1.94. The Labute approximate surface area is 111 Å².